The molecule has 0 amide bonds. The van der Waals surface area contributed by atoms with Crippen molar-refractivity contribution in [2.24, 2.45) is 0 Å². The van der Waals surface area contributed by atoms with E-state index in [4.69, 9.17) is 9.05 Å². The molecule has 0 aliphatic rings. The summed E-state index contributed by atoms with van der Waals surface area (Å²) < 4.78 is 70.0. The van der Waals surface area contributed by atoms with Gasteiger partial charge >= 0.3 is 13.3 Å². The van der Waals surface area contributed by atoms with Gasteiger partial charge in [-0.1, -0.05) is 48.0 Å². The van der Waals surface area contributed by atoms with Gasteiger partial charge in [0.05, 0.1) is 18.1 Å². The predicted molar refractivity (Wildman–Crippen MR) is 110 cm³/mol. The summed E-state index contributed by atoms with van der Waals surface area (Å²) in [6.07, 6.45) is 0. The first-order valence-corrected chi connectivity index (χ1v) is 11.9. The molecule has 0 radical (unpaired) electrons. The molecule has 5 nitrogen and oxygen atoms in total. The van der Waals surface area contributed by atoms with Crippen LogP contribution in [0.5, 0.6) is 0 Å². The molecule has 0 spiro atoms. The van der Waals surface area contributed by atoms with E-state index in [1.54, 1.807) is 42.5 Å². The summed E-state index contributed by atoms with van der Waals surface area (Å²) in [5, 5.41) is 0. The molecule has 9 heteroatoms. The predicted octanol–water partition coefficient (Wildman–Crippen LogP) is 5.38. The molecule has 2 aromatic carbocycles. The second-order valence-corrected chi connectivity index (χ2v) is 9.84. The smallest absolute Gasteiger partial charge is 0.305 e. The van der Waals surface area contributed by atoms with E-state index in [-0.39, 0.29) is 18.8 Å². The van der Waals surface area contributed by atoms with Crippen molar-refractivity contribution in [2.45, 2.75) is 43.8 Å². The van der Waals surface area contributed by atoms with Crippen molar-refractivity contribution in [1.29, 1.82) is 0 Å². The molecule has 0 saturated carbocycles. The molecule has 0 saturated heterocycles. The van der Waals surface area contributed by atoms with Gasteiger partial charge in [-0.3, -0.25) is 4.57 Å². The molecule has 160 valence electrons. The molecule has 0 heterocycles. The molecular weight excluding hydrogens is 419 g/mol. The lowest BCUT2D eigenvalue weighted by Gasteiger charge is -2.40. The standard InChI is InChI=1S/C20H26F2NO4PS/c1-5-26-28(24,27-6-2)20(21,22)19(4,17-10-8-7-9-11-17)23-29(25)18-14-12-16(3)13-15-18/h7-15,23H,5-6H2,1-4H3/t19-,29?/m1/s1. The quantitative estimate of drug-likeness (QED) is 0.499. The molecule has 0 bridgehead atoms. The fourth-order valence-electron chi connectivity index (χ4n) is 2.78. The Morgan fingerprint density at radius 1 is 1.00 bits per heavy atom. The Bertz CT molecular complexity index is 870. The molecule has 2 atom stereocenters. The zero-order valence-electron chi connectivity index (χ0n) is 16.9. The van der Waals surface area contributed by atoms with Crippen LogP contribution >= 0.6 is 7.60 Å². The molecule has 0 aromatic heterocycles. The van der Waals surface area contributed by atoms with Crippen molar-refractivity contribution < 1.29 is 26.6 Å². The number of aryl methyl sites for hydroxylation is 1. The topological polar surface area (TPSA) is 64.6 Å². The van der Waals surface area contributed by atoms with Crippen LogP contribution in [-0.2, 0) is 30.1 Å². The highest BCUT2D eigenvalue weighted by Crippen LogP contribution is 2.67. The molecule has 0 fully saturated rings. The normalized spacial score (nSPS) is 15.7. The third-order valence-corrected chi connectivity index (χ3v) is 8.05. The summed E-state index contributed by atoms with van der Waals surface area (Å²) in [7, 11) is -6.91. The van der Waals surface area contributed by atoms with Crippen LogP contribution in [0.1, 0.15) is 31.9 Å². The van der Waals surface area contributed by atoms with Gasteiger partial charge in [0, 0.05) is 0 Å². The Hall–Kier alpha value is -1.44. The summed E-state index contributed by atoms with van der Waals surface area (Å²) >= 11 is 0. The number of hydrogen-bond acceptors (Lipinski definition) is 4. The summed E-state index contributed by atoms with van der Waals surface area (Å²) in [6, 6.07) is 14.4. The Balaban J connectivity index is 2.57. The maximum absolute atomic E-state index is 15.8. The Morgan fingerprint density at radius 3 is 2.00 bits per heavy atom. The first-order valence-electron chi connectivity index (χ1n) is 9.20. The average molecular weight is 445 g/mol. The van der Waals surface area contributed by atoms with Crippen molar-refractivity contribution in [3.05, 3.63) is 65.7 Å². The molecule has 2 rings (SSSR count). The van der Waals surface area contributed by atoms with E-state index in [0.29, 0.717) is 4.90 Å². The van der Waals surface area contributed by atoms with Crippen LogP contribution in [-0.4, -0.2) is 23.1 Å². The molecule has 1 unspecified atom stereocenters. The van der Waals surface area contributed by atoms with Gasteiger partial charge in [0.1, 0.15) is 16.5 Å². The zero-order chi connectivity index (χ0) is 21.7. The highest BCUT2D eigenvalue weighted by molar-refractivity contribution is 7.83. The van der Waals surface area contributed by atoms with Crippen molar-refractivity contribution in [3.8, 4) is 0 Å². The summed E-state index contributed by atoms with van der Waals surface area (Å²) in [5.74, 6) is 0. The van der Waals surface area contributed by atoms with Crippen LogP contribution in [0.15, 0.2) is 59.5 Å². The van der Waals surface area contributed by atoms with Gasteiger partial charge < -0.3 is 9.05 Å². The number of hydrogen-bond donors (Lipinski definition) is 1. The number of alkyl halides is 2. The number of nitrogens with one attached hydrogen (secondary N) is 1. The minimum atomic E-state index is -4.90. The van der Waals surface area contributed by atoms with Crippen LogP contribution in [0.4, 0.5) is 8.78 Å². The maximum Gasteiger partial charge on any atom is 0.402 e. The van der Waals surface area contributed by atoms with E-state index < -0.39 is 29.8 Å². The highest BCUT2D eigenvalue weighted by Gasteiger charge is 2.66. The van der Waals surface area contributed by atoms with Crippen LogP contribution in [0, 0.1) is 6.92 Å². The fraction of sp³-hybridized carbons (Fsp3) is 0.400. The number of benzene rings is 2. The number of halogens is 2. The number of rotatable bonds is 10. The summed E-state index contributed by atoms with van der Waals surface area (Å²) in [6.45, 7) is 5.48. The third-order valence-electron chi connectivity index (χ3n) is 4.43. The average Bonchev–Trinajstić information content (AvgIpc) is 2.69. The molecule has 0 aliphatic carbocycles. The summed E-state index contributed by atoms with van der Waals surface area (Å²) in [5.41, 5.74) is -5.28. The van der Waals surface area contributed by atoms with Crippen LogP contribution in [0.2, 0.25) is 0 Å². The Morgan fingerprint density at radius 2 is 1.52 bits per heavy atom. The van der Waals surface area contributed by atoms with Crippen molar-refractivity contribution in [2.75, 3.05) is 13.2 Å². The van der Waals surface area contributed by atoms with Crippen LogP contribution in [0.25, 0.3) is 0 Å². The van der Waals surface area contributed by atoms with E-state index in [2.05, 4.69) is 4.72 Å². The summed E-state index contributed by atoms with van der Waals surface area (Å²) in [4.78, 5) is 0.316. The van der Waals surface area contributed by atoms with E-state index in [0.717, 1.165) is 12.5 Å². The van der Waals surface area contributed by atoms with Gasteiger partial charge in [-0.25, -0.2) is 8.93 Å². The first kappa shape index (κ1) is 23.8. The second-order valence-electron chi connectivity index (χ2n) is 6.55. The molecule has 2 aromatic rings. The molecule has 0 aliphatic heterocycles. The second kappa shape index (κ2) is 9.58. The van der Waals surface area contributed by atoms with Crippen LogP contribution < -0.4 is 4.72 Å². The fourth-order valence-corrected chi connectivity index (χ4v) is 5.79. The van der Waals surface area contributed by atoms with E-state index in [1.807, 2.05) is 6.92 Å². The highest BCUT2D eigenvalue weighted by atomic mass is 32.2. The van der Waals surface area contributed by atoms with Gasteiger partial charge in [-0.2, -0.15) is 8.78 Å². The molecule has 1 N–H and O–H groups in total. The van der Waals surface area contributed by atoms with E-state index in [1.165, 1.54) is 26.0 Å². The monoisotopic (exact) mass is 445 g/mol. The first-order chi connectivity index (χ1) is 13.6. The van der Waals surface area contributed by atoms with Crippen molar-refractivity contribution in [3.63, 3.8) is 0 Å². The van der Waals surface area contributed by atoms with Gasteiger partial charge in [0.2, 0.25) is 0 Å². The van der Waals surface area contributed by atoms with Crippen LogP contribution in [0.3, 0.4) is 0 Å². The van der Waals surface area contributed by atoms with E-state index >= 15 is 8.78 Å². The van der Waals surface area contributed by atoms with Crippen molar-refractivity contribution >= 4 is 18.6 Å². The lowest BCUT2D eigenvalue weighted by molar-refractivity contribution is -0.0305. The lowest BCUT2D eigenvalue weighted by atomic mass is 9.93. The largest absolute Gasteiger partial charge is 0.402 e. The third kappa shape index (κ3) is 4.84. The zero-order valence-corrected chi connectivity index (χ0v) is 18.6. The van der Waals surface area contributed by atoms with E-state index in [9.17, 15) is 8.77 Å². The van der Waals surface area contributed by atoms with Gasteiger partial charge in [0.15, 0.2) is 0 Å². The van der Waals surface area contributed by atoms with Gasteiger partial charge in [-0.15, -0.1) is 0 Å². The lowest BCUT2D eigenvalue weighted by Crippen LogP contribution is -2.54. The Labute approximate surface area is 172 Å². The minimum Gasteiger partial charge on any atom is -0.305 e. The SMILES string of the molecule is CCOP(=O)(OCC)C(F)(F)[C@](C)(NS(=O)c1ccc(C)cc1)c1ccccc1. The molecular formula is C20H26F2NO4PS. The van der Waals surface area contributed by atoms with Crippen molar-refractivity contribution in [1.82, 2.24) is 4.72 Å². The molecule has 29 heavy (non-hydrogen) atoms. The maximum atomic E-state index is 15.8. The Kier molecular flexibility index (Phi) is 7.87. The van der Waals surface area contributed by atoms with Gasteiger partial charge in [0.25, 0.3) is 0 Å². The minimum absolute atomic E-state index is 0.102. The van der Waals surface area contributed by atoms with Gasteiger partial charge in [-0.05, 0) is 45.4 Å².